The standard InChI is InChI=1S/C25H27ClF3N5O3/c1-11(2)34-18-6-13(5-16(27)20(18)32-22(34)12-3-4-25(28,29)8-12)19-15(26)9-30-24(33-19)31-17-7-14-10-36-23(37-14)21(17)35/h5-6,9,11-12,14,17,21,23,35H,3-4,7-8,10H2,1-2H3,(H,30,31,33)/t12-,14+,17-,21+,23-/m1/s1. The van der Waals surface area contributed by atoms with E-state index >= 15 is 4.39 Å². The van der Waals surface area contributed by atoms with E-state index in [-0.39, 0.29) is 41.5 Å². The Bertz CT molecular complexity index is 1350. The Morgan fingerprint density at radius 1 is 1.27 bits per heavy atom. The fourth-order valence-corrected chi connectivity index (χ4v) is 5.84. The number of fused-ring (bicyclic) bond motifs is 3. The Morgan fingerprint density at radius 3 is 2.81 bits per heavy atom. The minimum absolute atomic E-state index is 0.125. The fraction of sp³-hybridized carbons (Fsp3) is 0.560. The first-order valence-electron chi connectivity index (χ1n) is 12.4. The molecular weight excluding hydrogens is 511 g/mol. The van der Waals surface area contributed by atoms with Crippen molar-refractivity contribution in [3.63, 3.8) is 0 Å². The molecule has 5 atom stereocenters. The fourth-order valence-electron chi connectivity index (χ4n) is 5.64. The number of rotatable bonds is 5. The van der Waals surface area contributed by atoms with Crippen molar-refractivity contribution in [1.29, 1.82) is 0 Å². The monoisotopic (exact) mass is 537 g/mol. The summed E-state index contributed by atoms with van der Waals surface area (Å²) >= 11 is 6.43. The largest absolute Gasteiger partial charge is 0.386 e. The number of anilines is 1. The van der Waals surface area contributed by atoms with Gasteiger partial charge in [0.25, 0.3) is 0 Å². The van der Waals surface area contributed by atoms with Gasteiger partial charge in [-0.05, 0) is 38.8 Å². The number of nitrogens with one attached hydrogen (secondary N) is 1. The van der Waals surface area contributed by atoms with Crippen molar-refractivity contribution >= 4 is 28.6 Å². The molecule has 12 heteroatoms. The van der Waals surface area contributed by atoms with Crippen molar-refractivity contribution in [3.05, 3.63) is 35.0 Å². The molecule has 6 rings (SSSR count). The van der Waals surface area contributed by atoms with Crippen LogP contribution in [0.3, 0.4) is 0 Å². The molecule has 198 valence electrons. The van der Waals surface area contributed by atoms with Crippen LogP contribution in [0.2, 0.25) is 5.02 Å². The van der Waals surface area contributed by atoms with Crippen molar-refractivity contribution in [2.24, 2.45) is 0 Å². The molecule has 0 unspecified atom stereocenters. The van der Waals surface area contributed by atoms with Crippen molar-refractivity contribution in [2.45, 2.75) is 82.0 Å². The van der Waals surface area contributed by atoms with Gasteiger partial charge in [0.05, 0.1) is 41.2 Å². The number of nitrogens with zero attached hydrogens (tertiary/aromatic N) is 4. The van der Waals surface area contributed by atoms with E-state index in [1.165, 1.54) is 12.3 Å². The molecule has 1 aromatic carbocycles. The van der Waals surface area contributed by atoms with Crippen LogP contribution in [0.4, 0.5) is 19.1 Å². The van der Waals surface area contributed by atoms with E-state index in [0.717, 1.165) is 0 Å². The van der Waals surface area contributed by atoms with Crippen molar-refractivity contribution < 1.29 is 27.8 Å². The van der Waals surface area contributed by atoms with Gasteiger partial charge in [0.1, 0.15) is 17.4 Å². The second-order valence-electron chi connectivity index (χ2n) is 10.4. The zero-order valence-corrected chi connectivity index (χ0v) is 21.1. The zero-order chi connectivity index (χ0) is 26.1. The number of hydrogen-bond acceptors (Lipinski definition) is 7. The van der Waals surface area contributed by atoms with Gasteiger partial charge in [0, 0.05) is 30.4 Å². The molecule has 2 saturated heterocycles. The van der Waals surface area contributed by atoms with Gasteiger partial charge in [-0.2, -0.15) is 0 Å². The summed E-state index contributed by atoms with van der Waals surface area (Å²) in [5, 5.41) is 13.9. The summed E-state index contributed by atoms with van der Waals surface area (Å²) in [5.74, 6) is -3.08. The van der Waals surface area contributed by atoms with Crippen LogP contribution in [0, 0.1) is 5.82 Å². The Kier molecular flexibility index (Phi) is 6.09. The minimum atomic E-state index is -2.74. The third kappa shape index (κ3) is 4.45. The van der Waals surface area contributed by atoms with Crippen LogP contribution in [0.25, 0.3) is 22.3 Å². The maximum atomic E-state index is 15.4. The van der Waals surface area contributed by atoms with E-state index in [9.17, 15) is 13.9 Å². The molecular formula is C25H27ClF3N5O3. The van der Waals surface area contributed by atoms with E-state index in [0.29, 0.717) is 42.0 Å². The third-order valence-electron chi connectivity index (χ3n) is 7.37. The maximum Gasteiger partial charge on any atom is 0.248 e. The number of hydrogen-bond donors (Lipinski definition) is 2. The molecule has 2 N–H and O–H groups in total. The number of imidazole rings is 1. The summed E-state index contributed by atoms with van der Waals surface area (Å²) in [5.41, 5.74) is 1.33. The Hall–Kier alpha value is -2.47. The summed E-state index contributed by atoms with van der Waals surface area (Å²) in [4.78, 5) is 13.2. The zero-order valence-electron chi connectivity index (χ0n) is 20.3. The maximum absolute atomic E-state index is 15.4. The number of benzene rings is 1. The molecule has 2 aliphatic heterocycles. The van der Waals surface area contributed by atoms with Crippen LogP contribution in [-0.2, 0) is 9.47 Å². The Balaban J connectivity index is 1.37. The summed E-state index contributed by atoms with van der Waals surface area (Å²) in [6, 6.07) is 2.50. The third-order valence-corrected chi connectivity index (χ3v) is 7.65. The van der Waals surface area contributed by atoms with E-state index in [4.69, 9.17) is 21.1 Å². The van der Waals surface area contributed by atoms with Gasteiger partial charge in [0.2, 0.25) is 11.9 Å². The van der Waals surface area contributed by atoms with Gasteiger partial charge in [-0.15, -0.1) is 0 Å². The minimum Gasteiger partial charge on any atom is -0.386 e. The number of aliphatic hydroxyl groups is 1. The average Bonchev–Trinajstić information content (AvgIpc) is 3.53. The van der Waals surface area contributed by atoms with Crippen molar-refractivity contribution in [2.75, 3.05) is 11.9 Å². The normalized spacial score (nSPS) is 28.9. The Morgan fingerprint density at radius 2 is 2.08 bits per heavy atom. The predicted molar refractivity (Wildman–Crippen MR) is 130 cm³/mol. The van der Waals surface area contributed by atoms with Gasteiger partial charge in [-0.1, -0.05) is 11.6 Å². The predicted octanol–water partition coefficient (Wildman–Crippen LogP) is 5.06. The van der Waals surface area contributed by atoms with E-state index in [1.807, 2.05) is 18.4 Å². The molecule has 1 saturated carbocycles. The quantitative estimate of drug-likeness (QED) is 0.470. The summed E-state index contributed by atoms with van der Waals surface area (Å²) < 4.78 is 56.2. The van der Waals surface area contributed by atoms with Gasteiger partial charge in [0.15, 0.2) is 12.1 Å². The van der Waals surface area contributed by atoms with Crippen LogP contribution in [0.5, 0.6) is 0 Å². The number of alkyl halides is 2. The molecule has 3 fully saturated rings. The second-order valence-corrected chi connectivity index (χ2v) is 10.8. The topological polar surface area (TPSA) is 94.3 Å². The van der Waals surface area contributed by atoms with Crippen LogP contribution in [0.15, 0.2) is 18.3 Å². The SMILES string of the molecule is CC(C)n1c([C@@H]2CCC(F)(F)C2)nc2c(F)cc(-c3nc(N[C@@H]4C[C@H]5CO[C@H](O5)[C@H]4O)ncc3Cl)cc21. The molecule has 0 spiro atoms. The summed E-state index contributed by atoms with van der Waals surface area (Å²) in [6.07, 6.45) is -0.00692. The molecule has 3 aliphatic rings. The first-order valence-corrected chi connectivity index (χ1v) is 12.8. The number of aromatic nitrogens is 4. The second kappa shape index (κ2) is 9.07. The van der Waals surface area contributed by atoms with Gasteiger partial charge >= 0.3 is 0 Å². The van der Waals surface area contributed by atoms with Crippen LogP contribution >= 0.6 is 11.6 Å². The summed E-state index contributed by atoms with van der Waals surface area (Å²) in [7, 11) is 0. The first-order chi connectivity index (χ1) is 17.6. The van der Waals surface area contributed by atoms with E-state index < -0.39 is 36.1 Å². The van der Waals surface area contributed by atoms with Crippen LogP contribution < -0.4 is 5.32 Å². The average molecular weight is 538 g/mol. The smallest absolute Gasteiger partial charge is 0.248 e. The van der Waals surface area contributed by atoms with Crippen molar-refractivity contribution in [3.8, 4) is 11.3 Å². The van der Waals surface area contributed by atoms with Gasteiger partial charge in [-0.25, -0.2) is 28.1 Å². The number of aliphatic hydroxyl groups excluding tert-OH is 1. The highest BCUT2D eigenvalue weighted by Gasteiger charge is 2.44. The molecule has 0 amide bonds. The molecule has 8 nitrogen and oxygen atoms in total. The molecule has 0 radical (unpaired) electrons. The van der Waals surface area contributed by atoms with E-state index in [2.05, 4.69) is 20.3 Å². The molecule has 2 bridgehead atoms. The molecule has 37 heavy (non-hydrogen) atoms. The molecule has 2 aromatic heterocycles. The lowest BCUT2D eigenvalue weighted by Gasteiger charge is -2.32. The van der Waals surface area contributed by atoms with Crippen LogP contribution in [-0.4, -0.2) is 61.7 Å². The lowest BCUT2D eigenvalue weighted by Crippen LogP contribution is -2.48. The molecule has 4 heterocycles. The highest BCUT2D eigenvalue weighted by atomic mass is 35.5. The van der Waals surface area contributed by atoms with E-state index in [1.54, 1.807) is 6.07 Å². The highest BCUT2D eigenvalue weighted by Crippen LogP contribution is 2.45. The van der Waals surface area contributed by atoms with Crippen LogP contribution in [0.1, 0.15) is 57.3 Å². The highest BCUT2D eigenvalue weighted by molar-refractivity contribution is 6.33. The number of halogens is 4. The van der Waals surface area contributed by atoms with Gasteiger partial charge < -0.3 is 24.5 Å². The van der Waals surface area contributed by atoms with Crippen molar-refractivity contribution in [1.82, 2.24) is 19.5 Å². The first kappa shape index (κ1) is 24.8. The number of ether oxygens (including phenoxy) is 2. The Labute approximate surface area is 216 Å². The lowest BCUT2D eigenvalue weighted by molar-refractivity contribution is -0.156. The lowest BCUT2D eigenvalue weighted by atomic mass is 10.0. The van der Waals surface area contributed by atoms with Gasteiger partial charge in [-0.3, -0.25) is 0 Å². The molecule has 1 aliphatic carbocycles. The molecule has 3 aromatic rings. The summed E-state index contributed by atoms with van der Waals surface area (Å²) in [6.45, 7) is 4.24.